The first-order valence-corrected chi connectivity index (χ1v) is 6.99. The number of nitrogens with one attached hydrogen (secondary N) is 1. The summed E-state index contributed by atoms with van der Waals surface area (Å²) >= 11 is 1.36. The number of benzene rings is 2. The lowest BCUT2D eigenvalue weighted by atomic mass is 10.2. The van der Waals surface area contributed by atoms with E-state index in [9.17, 15) is 9.18 Å². The topological polar surface area (TPSA) is 51.2 Å². The molecule has 3 aromatic rings. The van der Waals surface area contributed by atoms with Crippen LogP contribution in [-0.4, -0.2) is 18.0 Å². The third-order valence-corrected chi connectivity index (χ3v) is 3.86. The molecule has 1 amide bonds. The molecule has 1 heterocycles. The summed E-state index contributed by atoms with van der Waals surface area (Å²) in [5.74, 6) is 0.0437. The molecular weight excluding hydrogens is 291 g/mol. The first kappa shape index (κ1) is 13.5. The Labute approximate surface area is 124 Å². The number of thiazole rings is 1. The van der Waals surface area contributed by atoms with E-state index >= 15 is 0 Å². The van der Waals surface area contributed by atoms with Crippen molar-refractivity contribution in [3.05, 3.63) is 53.8 Å². The van der Waals surface area contributed by atoms with E-state index in [1.807, 2.05) is 18.2 Å². The minimum Gasteiger partial charge on any atom is -0.497 e. The molecule has 0 radical (unpaired) electrons. The van der Waals surface area contributed by atoms with Gasteiger partial charge in [-0.1, -0.05) is 11.3 Å². The number of carbonyl (C=O) groups excluding carboxylic acids is 1. The Morgan fingerprint density at radius 3 is 2.71 bits per heavy atom. The highest BCUT2D eigenvalue weighted by molar-refractivity contribution is 7.22. The van der Waals surface area contributed by atoms with Crippen LogP contribution in [0.3, 0.4) is 0 Å². The standard InChI is InChI=1S/C15H11FN2O2S/c1-20-11-6-7-12-13(8-11)21-15(17-12)18-14(19)9-2-4-10(16)5-3-9/h2-8H,1H3,(H,17,18,19). The summed E-state index contributed by atoms with van der Waals surface area (Å²) < 4.78 is 18.9. The van der Waals surface area contributed by atoms with Crippen molar-refractivity contribution in [2.24, 2.45) is 0 Å². The van der Waals surface area contributed by atoms with Gasteiger partial charge >= 0.3 is 0 Å². The zero-order chi connectivity index (χ0) is 14.8. The maximum absolute atomic E-state index is 12.8. The fourth-order valence-corrected chi connectivity index (χ4v) is 2.75. The summed E-state index contributed by atoms with van der Waals surface area (Å²) in [7, 11) is 1.60. The Morgan fingerprint density at radius 2 is 2.00 bits per heavy atom. The highest BCUT2D eigenvalue weighted by atomic mass is 32.1. The van der Waals surface area contributed by atoms with Gasteiger partial charge in [-0.2, -0.15) is 0 Å². The number of anilines is 1. The molecule has 0 aliphatic carbocycles. The zero-order valence-corrected chi connectivity index (χ0v) is 11.9. The molecular formula is C15H11FN2O2S. The fraction of sp³-hybridized carbons (Fsp3) is 0.0667. The zero-order valence-electron chi connectivity index (χ0n) is 11.1. The molecule has 6 heteroatoms. The molecule has 106 valence electrons. The summed E-state index contributed by atoms with van der Waals surface area (Å²) in [5.41, 5.74) is 1.17. The smallest absolute Gasteiger partial charge is 0.257 e. The van der Waals surface area contributed by atoms with Gasteiger partial charge in [-0.25, -0.2) is 9.37 Å². The number of halogens is 1. The second-order valence-corrected chi connectivity index (χ2v) is 5.34. The van der Waals surface area contributed by atoms with Crippen molar-refractivity contribution in [2.45, 2.75) is 0 Å². The van der Waals surface area contributed by atoms with Gasteiger partial charge in [0, 0.05) is 5.56 Å². The van der Waals surface area contributed by atoms with Crippen LogP contribution in [0, 0.1) is 5.82 Å². The van der Waals surface area contributed by atoms with Crippen molar-refractivity contribution in [2.75, 3.05) is 12.4 Å². The summed E-state index contributed by atoms with van der Waals surface area (Å²) in [6.45, 7) is 0. The molecule has 1 N–H and O–H groups in total. The van der Waals surface area contributed by atoms with Gasteiger partial charge in [-0.3, -0.25) is 10.1 Å². The molecule has 0 atom stereocenters. The largest absolute Gasteiger partial charge is 0.497 e. The van der Waals surface area contributed by atoms with E-state index in [-0.39, 0.29) is 11.7 Å². The number of hydrogen-bond acceptors (Lipinski definition) is 4. The van der Waals surface area contributed by atoms with Crippen molar-refractivity contribution in [1.82, 2.24) is 4.98 Å². The lowest BCUT2D eigenvalue weighted by molar-refractivity contribution is 0.102. The van der Waals surface area contributed by atoms with E-state index in [0.717, 1.165) is 16.0 Å². The van der Waals surface area contributed by atoms with E-state index in [2.05, 4.69) is 10.3 Å². The molecule has 4 nitrogen and oxygen atoms in total. The van der Waals surface area contributed by atoms with Gasteiger partial charge in [-0.15, -0.1) is 0 Å². The van der Waals surface area contributed by atoms with Gasteiger partial charge in [0.25, 0.3) is 5.91 Å². The van der Waals surface area contributed by atoms with Crippen molar-refractivity contribution in [1.29, 1.82) is 0 Å². The van der Waals surface area contributed by atoms with E-state index in [1.165, 1.54) is 35.6 Å². The average molecular weight is 302 g/mol. The number of rotatable bonds is 3. The molecule has 0 spiro atoms. The number of amides is 1. The molecule has 1 aromatic heterocycles. The van der Waals surface area contributed by atoms with Crippen LogP contribution in [0.5, 0.6) is 5.75 Å². The molecule has 0 saturated carbocycles. The Balaban J connectivity index is 1.84. The Bertz CT molecular complexity index is 799. The van der Waals surface area contributed by atoms with Gasteiger partial charge in [0.1, 0.15) is 11.6 Å². The van der Waals surface area contributed by atoms with E-state index < -0.39 is 0 Å². The van der Waals surface area contributed by atoms with Gasteiger partial charge in [0.2, 0.25) is 0 Å². The number of nitrogens with zero attached hydrogens (tertiary/aromatic N) is 1. The quantitative estimate of drug-likeness (QED) is 0.802. The minimum absolute atomic E-state index is 0.318. The number of carbonyl (C=O) groups is 1. The summed E-state index contributed by atoms with van der Waals surface area (Å²) in [6.07, 6.45) is 0. The van der Waals surface area contributed by atoms with Crippen molar-refractivity contribution < 1.29 is 13.9 Å². The van der Waals surface area contributed by atoms with Crippen LogP contribution in [0.2, 0.25) is 0 Å². The molecule has 0 aliphatic heterocycles. The van der Waals surface area contributed by atoms with Crippen LogP contribution >= 0.6 is 11.3 Å². The van der Waals surface area contributed by atoms with Crippen molar-refractivity contribution >= 4 is 32.6 Å². The van der Waals surface area contributed by atoms with Gasteiger partial charge in [0.05, 0.1) is 17.3 Å². The van der Waals surface area contributed by atoms with Crippen molar-refractivity contribution in [3.8, 4) is 5.75 Å². The lowest BCUT2D eigenvalue weighted by Crippen LogP contribution is -2.11. The normalized spacial score (nSPS) is 10.6. The summed E-state index contributed by atoms with van der Waals surface area (Å²) in [5, 5.41) is 3.20. The fourth-order valence-electron chi connectivity index (χ4n) is 1.86. The number of ether oxygens (including phenoxy) is 1. The second-order valence-electron chi connectivity index (χ2n) is 4.31. The van der Waals surface area contributed by atoms with Crippen LogP contribution in [0.25, 0.3) is 10.2 Å². The van der Waals surface area contributed by atoms with Crippen LogP contribution in [-0.2, 0) is 0 Å². The third kappa shape index (κ3) is 2.85. The maximum Gasteiger partial charge on any atom is 0.257 e. The lowest BCUT2D eigenvalue weighted by Gasteiger charge is -2.00. The first-order valence-electron chi connectivity index (χ1n) is 6.17. The van der Waals surface area contributed by atoms with E-state index in [4.69, 9.17) is 4.74 Å². The molecule has 21 heavy (non-hydrogen) atoms. The second kappa shape index (κ2) is 5.49. The molecule has 0 saturated heterocycles. The highest BCUT2D eigenvalue weighted by Gasteiger charge is 2.10. The van der Waals surface area contributed by atoms with Gasteiger partial charge in [0.15, 0.2) is 5.13 Å². The van der Waals surface area contributed by atoms with Gasteiger partial charge in [-0.05, 0) is 42.5 Å². The first-order chi connectivity index (χ1) is 10.2. The van der Waals surface area contributed by atoms with Crippen LogP contribution in [0.4, 0.5) is 9.52 Å². The maximum atomic E-state index is 12.8. The Morgan fingerprint density at radius 1 is 1.24 bits per heavy atom. The predicted octanol–water partition coefficient (Wildman–Crippen LogP) is 3.70. The van der Waals surface area contributed by atoms with Crippen LogP contribution < -0.4 is 10.1 Å². The van der Waals surface area contributed by atoms with Gasteiger partial charge < -0.3 is 4.74 Å². The SMILES string of the molecule is COc1ccc2nc(NC(=O)c3ccc(F)cc3)sc2c1. The molecule has 0 fully saturated rings. The predicted molar refractivity (Wildman–Crippen MR) is 80.5 cm³/mol. The molecule has 0 aliphatic rings. The molecule has 0 unspecified atom stereocenters. The molecule has 3 rings (SSSR count). The molecule has 2 aromatic carbocycles. The van der Waals surface area contributed by atoms with Crippen molar-refractivity contribution in [3.63, 3.8) is 0 Å². The van der Waals surface area contributed by atoms with Crippen LogP contribution in [0.1, 0.15) is 10.4 Å². The minimum atomic E-state index is -0.376. The number of fused-ring (bicyclic) bond motifs is 1. The average Bonchev–Trinajstić information content (AvgIpc) is 2.88. The Kier molecular flexibility index (Phi) is 3.53. The summed E-state index contributed by atoms with van der Waals surface area (Å²) in [4.78, 5) is 16.4. The van der Waals surface area contributed by atoms with Crippen LogP contribution in [0.15, 0.2) is 42.5 Å². The number of hydrogen-bond donors (Lipinski definition) is 1. The number of aromatic nitrogens is 1. The summed E-state index contributed by atoms with van der Waals surface area (Å²) in [6, 6.07) is 10.9. The van der Waals surface area contributed by atoms with E-state index in [1.54, 1.807) is 7.11 Å². The molecule has 0 bridgehead atoms. The third-order valence-electron chi connectivity index (χ3n) is 2.92. The number of methoxy groups -OCH3 is 1. The van der Waals surface area contributed by atoms with E-state index in [0.29, 0.717) is 10.7 Å². The highest BCUT2D eigenvalue weighted by Crippen LogP contribution is 2.29. The Hall–Kier alpha value is -2.47. The monoisotopic (exact) mass is 302 g/mol.